The molecule has 0 bridgehead atoms. The Balaban J connectivity index is 2.24. The van der Waals surface area contributed by atoms with Gasteiger partial charge in [0, 0.05) is 11.4 Å². The largest absolute Gasteiger partial charge is 0.354 e. The van der Waals surface area contributed by atoms with Gasteiger partial charge < -0.3 is 10.3 Å². The Morgan fingerprint density at radius 1 is 1.06 bits per heavy atom. The molecule has 1 amide bonds. The van der Waals surface area contributed by atoms with E-state index in [4.69, 9.17) is 0 Å². The number of hydrogen-bond acceptors (Lipinski definition) is 1. The molecule has 0 aliphatic rings. The van der Waals surface area contributed by atoms with E-state index in [9.17, 15) is 4.79 Å². The first-order valence-electron chi connectivity index (χ1n) is 5.61. The van der Waals surface area contributed by atoms with Gasteiger partial charge in [-0.3, -0.25) is 4.79 Å². The molecule has 0 aliphatic heterocycles. The van der Waals surface area contributed by atoms with Gasteiger partial charge in [0.15, 0.2) is 0 Å². The summed E-state index contributed by atoms with van der Waals surface area (Å²) in [5.74, 6) is -0.0927. The minimum atomic E-state index is -0.0927. The van der Waals surface area contributed by atoms with Gasteiger partial charge in [0.25, 0.3) is 5.91 Å². The second-order valence-electron chi connectivity index (χ2n) is 4.20. The van der Waals surface area contributed by atoms with E-state index in [0.29, 0.717) is 5.69 Å². The summed E-state index contributed by atoms with van der Waals surface area (Å²) < 4.78 is 0. The van der Waals surface area contributed by atoms with Gasteiger partial charge in [0.2, 0.25) is 0 Å². The molecule has 88 valence electrons. The van der Waals surface area contributed by atoms with Crippen LogP contribution >= 0.6 is 0 Å². The standard InChI is InChI=1S/C14H16N2O/c1-9-10(2)13(15-11(9)3)14(17)16-12-7-5-4-6-8-12/h4-8,15H,1-3H3,(H,16,17). The van der Waals surface area contributed by atoms with E-state index in [1.807, 2.05) is 51.1 Å². The monoisotopic (exact) mass is 228 g/mol. The van der Waals surface area contributed by atoms with Crippen LogP contribution in [-0.2, 0) is 0 Å². The van der Waals surface area contributed by atoms with Crippen molar-refractivity contribution in [1.82, 2.24) is 4.98 Å². The summed E-state index contributed by atoms with van der Waals surface area (Å²) in [6.45, 7) is 5.95. The predicted octanol–water partition coefficient (Wildman–Crippen LogP) is 3.19. The number of aromatic amines is 1. The smallest absolute Gasteiger partial charge is 0.272 e. The van der Waals surface area contributed by atoms with Crippen LogP contribution in [0.15, 0.2) is 30.3 Å². The van der Waals surface area contributed by atoms with Crippen LogP contribution < -0.4 is 5.32 Å². The molecule has 2 aromatic rings. The van der Waals surface area contributed by atoms with Crippen molar-refractivity contribution < 1.29 is 4.79 Å². The maximum atomic E-state index is 12.1. The van der Waals surface area contributed by atoms with Crippen LogP contribution in [0.4, 0.5) is 5.69 Å². The molecule has 0 atom stereocenters. The third-order valence-corrected chi connectivity index (χ3v) is 3.07. The average Bonchev–Trinajstić information content (AvgIpc) is 2.58. The highest BCUT2D eigenvalue weighted by Crippen LogP contribution is 2.17. The van der Waals surface area contributed by atoms with Crippen LogP contribution in [0.3, 0.4) is 0 Å². The maximum absolute atomic E-state index is 12.1. The number of amides is 1. The van der Waals surface area contributed by atoms with Gasteiger partial charge >= 0.3 is 0 Å². The third-order valence-electron chi connectivity index (χ3n) is 3.07. The summed E-state index contributed by atoms with van der Waals surface area (Å²) in [4.78, 5) is 15.2. The number of aryl methyl sites for hydroxylation is 1. The van der Waals surface area contributed by atoms with E-state index in [1.54, 1.807) is 0 Å². The third kappa shape index (κ3) is 2.23. The van der Waals surface area contributed by atoms with Crippen LogP contribution in [0.1, 0.15) is 27.3 Å². The number of carbonyl (C=O) groups excluding carboxylic acids is 1. The lowest BCUT2D eigenvalue weighted by Crippen LogP contribution is -2.13. The minimum absolute atomic E-state index is 0.0927. The van der Waals surface area contributed by atoms with Crippen molar-refractivity contribution in [3.05, 3.63) is 52.8 Å². The maximum Gasteiger partial charge on any atom is 0.272 e. The van der Waals surface area contributed by atoms with Gasteiger partial charge in [-0.2, -0.15) is 0 Å². The number of anilines is 1. The van der Waals surface area contributed by atoms with Gasteiger partial charge in [0.1, 0.15) is 5.69 Å². The van der Waals surface area contributed by atoms with E-state index in [-0.39, 0.29) is 5.91 Å². The first-order chi connectivity index (χ1) is 8.09. The lowest BCUT2D eigenvalue weighted by atomic mass is 10.1. The highest BCUT2D eigenvalue weighted by atomic mass is 16.1. The highest BCUT2D eigenvalue weighted by Gasteiger charge is 2.14. The number of aromatic nitrogens is 1. The summed E-state index contributed by atoms with van der Waals surface area (Å²) in [6, 6.07) is 9.46. The minimum Gasteiger partial charge on any atom is -0.354 e. The zero-order valence-corrected chi connectivity index (χ0v) is 10.3. The molecule has 3 heteroatoms. The molecule has 2 rings (SSSR count). The quantitative estimate of drug-likeness (QED) is 0.814. The fourth-order valence-corrected chi connectivity index (χ4v) is 1.79. The van der Waals surface area contributed by atoms with Crippen molar-refractivity contribution in [2.45, 2.75) is 20.8 Å². The molecular weight excluding hydrogens is 212 g/mol. The number of benzene rings is 1. The molecule has 0 saturated heterocycles. The van der Waals surface area contributed by atoms with Crippen LogP contribution in [0.2, 0.25) is 0 Å². The van der Waals surface area contributed by atoms with Crippen molar-refractivity contribution in [2.24, 2.45) is 0 Å². The SMILES string of the molecule is Cc1[nH]c(C(=O)Nc2ccccc2)c(C)c1C. The number of carbonyl (C=O) groups is 1. The Hall–Kier alpha value is -2.03. The van der Waals surface area contributed by atoms with Crippen LogP contribution in [0, 0.1) is 20.8 Å². The highest BCUT2D eigenvalue weighted by molar-refractivity contribution is 6.04. The molecule has 0 saturated carbocycles. The molecule has 1 aromatic carbocycles. The molecule has 0 unspecified atom stereocenters. The molecular formula is C14H16N2O. The first-order valence-corrected chi connectivity index (χ1v) is 5.61. The zero-order chi connectivity index (χ0) is 12.4. The van der Waals surface area contributed by atoms with E-state index >= 15 is 0 Å². The van der Waals surface area contributed by atoms with E-state index in [2.05, 4.69) is 10.3 Å². The van der Waals surface area contributed by atoms with Crippen molar-refractivity contribution >= 4 is 11.6 Å². The van der Waals surface area contributed by atoms with Crippen LogP contribution in [0.25, 0.3) is 0 Å². The topological polar surface area (TPSA) is 44.9 Å². The lowest BCUT2D eigenvalue weighted by molar-refractivity contribution is 0.102. The van der Waals surface area contributed by atoms with Gasteiger partial charge in [0.05, 0.1) is 0 Å². The van der Waals surface area contributed by atoms with E-state index < -0.39 is 0 Å². The van der Waals surface area contributed by atoms with Gasteiger partial charge in [-0.05, 0) is 44.0 Å². The molecule has 1 aromatic heterocycles. The molecule has 2 N–H and O–H groups in total. The number of hydrogen-bond donors (Lipinski definition) is 2. The molecule has 0 radical (unpaired) electrons. The van der Waals surface area contributed by atoms with Crippen molar-refractivity contribution in [2.75, 3.05) is 5.32 Å². The van der Waals surface area contributed by atoms with Gasteiger partial charge in [-0.15, -0.1) is 0 Å². The molecule has 3 nitrogen and oxygen atoms in total. The number of rotatable bonds is 2. The lowest BCUT2D eigenvalue weighted by Gasteiger charge is -2.04. The van der Waals surface area contributed by atoms with Gasteiger partial charge in [-0.1, -0.05) is 18.2 Å². The Morgan fingerprint density at radius 2 is 1.71 bits per heavy atom. The van der Waals surface area contributed by atoms with Crippen LogP contribution in [0.5, 0.6) is 0 Å². The summed E-state index contributed by atoms with van der Waals surface area (Å²) in [7, 11) is 0. The molecule has 0 spiro atoms. The van der Waals surface area contributed by atoms with E-state index in [1.165, 1.54) is 0 Å². The van der Waals surface area contributed by atoms with Crippen molar-refractivity contribution in [3.8, 4) is 0 Å². The molecule has 0 aliphatic carbocycles. The average molecular weight is 228 g/mol. The Morgan fingerprint density at radius 3 is 2.24 bits per heavy atom. The fraction of sp³-hybridized carbons (Fsp3) is 0.214. The number of H-pyrrole nitrogens is 1. The summed E-state index contributed by atoms with van der Waals surface area (Å²) >= 11 is 0. The second-order valence-corrected chi connectivity index (χ2v) is 4.20. The summed E-state index contributed by atoms with van der Waals surface area (Å²) in [5.41, 5.74) is 4.64. The normalized spacial score (nSPS) is 10.3. The Labute approximate surface area is 101 Å². The summed E-state index contributed by atoms with van der Waals surface area (Å²) in [6.07, 6.45) is 0. The number of nitrogens with one attached hydrogen (secondary N) is 2. The van der Waals surface area contributed by atoms with Gasteiger partial charge in [-0.25, -0.2) is 0 Å². The fourth-order valence-electron chi connectivity index (χ4n) is 1.79. The van der Waals surface area contributed by atoms with E-state index in [0.717, 1.165) is 22.5 Å². The molecule has 17 heavy (non-hydrogen) atoms. The predicted molar refractivity (Wildman–Crippen MR) is 69.4 cm³/mol. The van der Waals surface area contributed by atoms with Crippen LogP contribution in [-0.4, -0.2) is 10.9 Å². The first kappa shape index (κ1) is 11.5. The summed E-state index contributed by atoms with van der Waals surface area (Å²) in [5, 5.41) is 2.87. The second kappa shape index (κ2) is 4.45. The number of para-hydroxylation sites is 1. The Bertz CT molecular complexity index is 541. The zero-order valence-electron chi connectivity index (χ0n) is 10.3. The molecule has 0 fully saturated rings. The van der Waals surface area contributed by atoms with Crippen molar-refractivity contribution in [3.63, 3.8) is 0 Å². The molecule has 1 heterocycles. The van der Waals surface area contributed by atoms with Crippen molar-refractivity contribution in [1.29, 1.82) is 0 Å². The Kier molecular flexibility index (Phi) is 3.00.